The second-order valence-corrected chi connectivity index (χ2v) is 5.33. The molecule has 1 atom stereocenters. The van der Waals surface area contributed by atoms with Crippen LogP contribution in [0.25, 0.3) is 0 Å². The van der Waals surface area contributed by atoms with Crippen molar-refractivity contribution in [2.45, 2.75) is 19.5 Å². The standard InChI is InChI=1S/C18H20N2O2/c1-3-12-20-17(14-9-5-7-11-16(14)22-2)19-15-10-6-4-8-13(15)18(20)21/h4-11,17,19H,3,12H2,1-2H3/t17-/m1/s1. The van der Waals surface area contributed by atoms with E-state index in [1.807, 2.05) is 53.4 Å². The molecule has 0 fully saturated rings. The summed E-state index contributed by atoms with van der Waals surface area (Å²) in [6, 6.07) is 15.5. The SMILES string of the molecule is CCCN1C(=O)c2ccccc2N[C@H]1c1ccccc1OC. The Morgan fingerprint density at radius 2 is 1.86 bits per heavy atom. The summed E-state index contributed by atoms with van der Waals surface area (Å²) < 4.78 is 5.47. The molecule has 1 heterocycles. The fourth-order valence-corrected chi connectivity index (χ4v) is 2.90. The van der Waals surface area contributed by atoms with Crippen molar-refractivity contribution in [1.82, 2.24) is 4.90 Å². The number of amides is 1. The minimum Gasteiger partial charge on any atom is -0.496 e. The molecule has 22 heavy (non-hydrogen) atoms. The van der Waals surface area contributed by atoms with E-state index in [2.05, 4.69) is 12.2 Å². The van der Waals surface area contributed by atoms with Crippen LogP contribution in [0.5, 0.6) is 5.75 Å². The maximum atomic E-state index is 12.8. The van der Waals surface area contributed by atoms with E-state index in [9.17, 15) is 4.79 Å². The summed E-state index contributed by atoms with van der Waals surface area (Å²) in [5.41, 5.74) is 2.57. The summed E-state index contributed by atoms with van der Waals surface area (Å²) in [6.45, 7) is 2.77. The molecule has 1 N–H and O–H groups in total. The zero-order valence-corrected chi connectivity index (χ0v) is 12.9. The highest BCUT2D eigenvalue weighted by molar-refractivity contribution is 6.01. The number of carbonyl (C=O) groups excluding carboxylic acids is 1. The van der Waals surface area contributed by atoms with Crippen molar-refractivity contribution < 1.29 is 9.53 Å². The highest BCUT2D eigenvalue weighted by atomic mass is 16.5. The molecule has 1 aliphatic heterocycles. The third-order valence-electron chi connectivity index (χ3n) is 3.92. The molecule has 0 radical (unpaired) electrons. The smallest absolute Gasteiger partial charge is 0.257 e. The lowest BCUT2D eigenvalue weighted by Crippen LogP contribution is -2.43. The Morgan fingerprint density at radius 1 is 1.14 bits per heavy atom. The summed E-state index contributed by atoms with van der Waals surface area (Å²) in [5, 5.41) is 3.48. The molecule has 0 spiro atoms. The number of hydrogen-bond donors (Lipinski definition) is 1. The monoisotopic (exact) mass is 296 g/mol. The lowest BCUT2D eigenvalue weighted by molar-refractivity contribution is 0.0681. The Labute approximate surface area is 130 Å². The quantitative estimate of drug-likeness (QED) is 0.936. The number of carbonyl (C=O) groups is 1. The number of anilines is 1. The molecule has 0 bridgehead atoms. The van der Waals surface area contributed by atoms with Gasteiger partial charge in [-0.2, -0.15) is 0 Å². The average Bonchev–Trinajstić information content (AvgIpc) is 2.57. The molecule has 2 aromatic rings. The van der Waals surface area contributed by atoms with Gasteiger partial charge in [0.25, 0.3) is 5.91 Å². The summed E-state index contributed by atoms with van der Waals surface area (Å²) in [4.78, 5) is 14.7. The zero-order chi connectivity index (χ0) is 15.5. The normalized spacial score (nSPS) is 16.9. The second kappa shape index (κ2) is 6.10. The van der Waals surface area contributed by atoms with E-state index < -0.39 is 0 Å². The minimum atomic E-state index is -0.210. The Hall–Kier alpha value is -2.49. The van der Waals surface area contributed by atoms with Gasteiger partial charge in [0.2, 0.25) is 0 Å². The molecule has 0 aromatic heterocycles. The third-order valence-corrected chi connectivity index (χ3v) is 3.92. The van der Waals surface area contributed by atoms with Gasteiger partial charge in [0.05, 0.1) is 12.7 Å². The van der Waals surface area contributed by atoms with Crippen LogP contribution in [0.4, 0.5) is 5.69 Å². The summed E-state index contributed by atoms with van der Waals surface area (Å²) in [7, 11) is 1.65. The van der Waals surface area contributed by atoms with Gasteiger partial charge >= 0.3 is 0 Å². The molecule has 0 aliphatic carbocycles. The molecule has 4 heteroatoms. The number of fused-ring (bicyclic) bond motifs is 1. The predicted molar refractivity (Wildman–Crippen MR) is 87.1 cm³/mol. The summed E-state index contributed by atoms with van der Waals surface area (Å²) in [6.07, 6.45) is 0.694. The van der Waals surface area contributed by atoms with Gasteiger partial charge in [-0.1, -0.05) is 37.3 Å². The number of rotatable bonds is 4. The van der Waals surface area contributed by atoms with Gasteiger partial charge in [-0.3, -0.25) is 4.79 Å². The highest BCUT2D eigenvalue weighted by Crippen LogP contribution is 2.36. The zero-order valence-electron chi connectivity index (χ0n) is 12.9. The second-order valence-electron chi connectivity index (χ2n) is 5.33. The molecule has 3 rings (SSSR count). The number of benzene rings is 2. The van der Waals surface area contributed by atoms with Crippen LogP contribution in [0.15, 0.2) is 48.5 Å². The predicted octanol–water partition coefficient (Wildman–Crippen LogP) is 3.67. The van der Waals surface area contributed by atoms with Crippen molar-refractivity contribution in [2.75, 3.05) is 19.0 Å². The first-order valence-corrected chi connectivity index (χ1v) is 7.55. The van der Waals surface area contributed by atoms with Crippen LogP contribution < -0.4 is 10.1 Å². The minimum absolute atomic E-state index is 0.0621. The number of nitrogens with one attached hydrogen (secondary N) is 1. The van der Waals surface area contributed by atoms with Crippen LogP contribution in [0.1, 0.15) is 35.4 Å². The van der Waals surface area contributed by atoms with Crippen LogP contribution in [-0.4, -0.2) is 24.5 Å². The molecule has 0 unspecified atom stereocenters. The van der Waals surface area contributed by atoms with E-state index >= 15 is 0 Å². The number of nitrogens with zero attached hydrogens (tertiary/aromatic N) is 1. The number of ether oxygens (including phenoxy) is 1. The number of para-hydroxylation sites is 2. The lowest BCUT2D eigenvalue weighted by Gasteiger charge is -2.38. The highest BCUT2D eigenvalue weighted by Gasteiger charge is 2.33. The van der Waals surface area contributed by atoms with Gasteiger partial charge in [-0.25, -0.2) is 0 Å². The largest absolute Gasteiger partial charge is 0.496 e. The molecular weight excluding hydrogens is 276 g/mol. The fourth-order valence-electron chi connectivity index (χ4n) is 2.90. The first kappa shape index (κ1) is 14.4. The Kier molecular flexibility index (Phi) is 4.00. The van der Waals surface area contributed by atoms with E-state index in [0.29, 0.717) is 6.54 Å². The van der Waals surface area contributed by atoms with Crippen molar-refractivity contribution in [3.63, 3.8) is 0 Å². The van der Waals surface area contributed by atoms with Gasteiger partial charge in [0.1, 0.15) is 11.9 Å². The molecule has 114 valence electrons. The van der Waals surface area contributed by atoms with E-state index in [1.54, 1.807) is 7.11 Å². The molecule has 0 saturated carbocycles. The molecule has 0 saturated heterocycles. The maximum absolute atomic E-state index is 12.8. The number of methoxy groups -OCH3 is 1. The maximum Gasteiger partial charge on any atom is 0.257 e. The first-order valence-electron chi connectivity index (χ1n) is 7.55. The van der Waals surface area contributed by atoms with Gasteiger partial charge in [-0.05, 0) is 24.6 Å². The van der Waals surface area contributed by atoms with Gasteiger partial charge in [0.15, 0.2) is 0 Å². The third kappa shape index (κ3) is 2.41. The van der Waals surface area contributed by atoms with Crippen molar-refractivity contribution >= 4 is 11.6 Å². The Morgan fingerprint density at radius 3 is 2.64 bits per heavy atom. The van der Waals surface area contributed by atoms with E-state index in [0.717, 1.165) is 29.0 Å². The summed E-state index contributed by atoms with van der Waals surface area (Å²) in [5.74, 6) is 0.848. The lowest BCUT2D eigenvalue weighted by atomic mass is 10.0. The van der Waals surface area contributed by atoms with Crippen LogP contribution in [-0.2, 0) is 0 Å². The van der Waals surface area contributed by atoms with E-state index in [1.165, 1.54) is 0 Å². The van der Waals surface area contributed by atoms with Crippen LogP contribution in [0.3, 0.4) is 0 Å². The van der Waals surface area contributed by atoms with Crippen molar-refractivity contribution in [3.05, 3.63) is 59.7 Å². The average molecular weight is 296 g/mol. The van der Waals surface area contributed by atoms with E-state index in [4.69, 9.17) is 4.74 Å². The van der Waals surface area contributed by atoms with Crippen LogP contribution >= 0.6 is 0 Å². The van der Waals surface area contributed by atoms with Gasteiger partial charge in [-0.15, -0.1) is 0 Å². The molecular formula is C18H20N2O2. The Bertz CT molecular complexity index is 684. The van der Waals surface area contributed by atoms with Gasteiger partial charge < -0.3 is 15.0 Å². The van der Waals surface area contributed by atoms with Crippen molar-refractivity contribution in [2.24, 2.45) is 0 Å². The molecule has 2 aromatic carbocycles. The fraction of sp³-hybridized carbons (Fsp3) is 0.278. The van der Waals surface area contributed by atoms with Crippen molar-refractivity contribution in [3.8, 4) is 5.75 Å². The topological polar surface area (TPSA) is 41.6 Å². The van der Waals surface area contributed by atoms with Crippen LogP contribution in [0.2, 0.25) is 0 Å². The number of hydrogen-bond acceptors (Lipinski definition) is 3. The molecule has 4 nitrogen and oxygen atoms in total. The Balaban J connectivity index is 2.07. The summed E-state index contributed by atoms with van der Waals surface area (Å²) >= 11 is 0. The van der Waals surface area contributed by atoms with Gasteiger partial charge in [0, 0.05) is 17.8 Å². The molecule has 1 aliphatic rings. The van der Waals surface area contributed by atoms with Crippen LogP contribution in [0, 0.1) is 0 Å². The first-order chi connectivity index (χ1) is 10.8. The molecule has 1 amide bonds. The van der Waals surface area contributed by atoms with Crippen molar-refractivity contribution in [1.29, 1.82) is 0 Å². The van der Waals surface area contributed by atoms with E-state index in [-0.39, 0.29) is 12.1 Å².